The molecule has 0 bridgehead atoms. The lowest BCUT2D eigenvalue weighted by Gasteiger charge is -2.05. The minimum absolute atomic E-state index is 0.279. The van der Waals surface area contributed by atoms with E-state index in [1.54, 1.807) is 29.6 Å². The van der Waals surface area contributed by atoms with Crippen LogP contribution in [0, 0.1) is 11.3 Å². The highest BCUT2D eigenvalue weighted by atomic mass is 35.5. The third-order valence-electron chi connectivity index (χ3n) is 2.16. The number of carbonyl (C=O) groups excluding carboxylic acids is 1. The van der Waals surface area contributed by atoms with Crippen molar-refractivity contribution in [3.8, 4) is 6.07 Å². The molecule has 1 aromatic carbocycles. The van der Waals surface area contributed by atoms with E-state index in [2.05, 4.69) is 17.9 Å². The summed E-state index contributed by atoms with van der Waals surface area (Å²) in [7, 11) is 0. The molecule has 1 heterocycles. The molecule has 6 heteroatoms. The SMILES string of the molecule is N#Cc1ccc(Cl)cc1NC(=O)c1cc(S)cs1. The summed E-state index contributed by atoms with van der Waals surface area (Å²) in [5, 5.41) is 13.8. The van der Waals surface area contributed by atoms with E-state index in [4.69, 9.17) is 16.9 Å². The number of hydrogen-bond donors (Lipinski definition) is 2. The second-order valence-corrected chi connectivity index (χ2v) is 5.29. The van der Waals surface area contributed by atoms with Gasteiger partial charge in [0.15, 0.2) is 0 Å². The van der Waals surface area contributed by atoms with Crippen LogP contribution < -0.4 is 5.32 Å². The van der Waals surface area contributed by atoms with Crippen LogP contribution in [0.25, 0.3) is 0 Å². The highest BCUT2D eigenvalue weighted by molar-refractivity contribution is 7.80. The van der Waals surface area contributed by atoms with Gasteiger partial charge in [-0.05, 0) is 24.3 Å². The number of halogens is 1. The van der Waals surface area contributed by atoms with E-state index in [1.807, 2.05) is 6.07 Å². The van der Waals surface area contributed by atoms with Crippen molar-refractivity contribution in [1.29, 1.82) is 5.26 Å². The molecule has 0 radical (unpaired) electrons. The number of hydrogen-bond acceptors (Lipinski definition) is 4. The molecule has 1 aromatic heterocycles. The predicted octanol–water partition coefficient (Wildman–Crippen LogP) is 3.81. The Balaban J connectivity index is 2.27. The molecule has 1 N–H and O–H groups in total. The lowest BCUT2D eigenvalue weighted by atomic mass is 10.2. The van der Waals surface area contributed by atoms with Gasteiger partial charge in [-0.3, -0.25) is 4.79 Å². The van der Waals surface area contributed by atoms with Crippen molar-refractivity contribution in [2.45, 2.75) is 4.90 Å². The van der Waals surface area contributed by atoms with Crippen molar-refractivity contribution in [2.24, 2.45) is 0 Å². The van der Waals surface area contributed by atoms with Crippen LogP contribution in [-0.4, -0.2) is 5.91 Å². The Morgan fingerprint density at radius 3 is 2.83 bits per heavy atom. The van der Waals surface area contributed by atoms with Crippen LogP contribution in [0.2, 0.25) is 5.02 Å². The number of thiophene rings is 1. The predicted molar refractivity (Wildman–Crippen MR) is 75.7 cm³/mol. The van der Waals surface area contributed by atoms with Crippen LogP contribution in [0.15, 0.2) is 34.5 Å². The molecule has 90 valence electrons. The molecule has 2 aromatic rings. The smallest absolute Gasteiger partial charge is 0.265 e. The van der Waals surface area contributed by atoms with Crippen molar-refractivity contribution in [1.82, 2.24) is 0 Å². The molecule has 2 rings (SSSR count). The Kier molecular flexibility index (Phi) is 3.92. The van der Waals surface area contributed by atoms with Crippen LogP contribution in [0.1, 0.15) is 15.2 Å². The van der Waals surface area contributed by atoms with Crippen molar-refractivity contribution < 1.29 is 4.79 Å². The number of carbonyl (C=O) groups is 1. The molecule has 0 atom stereocenters. The third kappa shape index (κ3) is 2.85. The molecule has 0 aliphatic carbocycles. The first-order valence-electron chi connectivity index (χ1n) is 4.88. The summed E-state index contributed by atoms with van der Waals surface area (Å²) in [5.41, 5.74) is 0.777. The first-order valence-corrected chi connectivity index (χ1v) is 6.59. The number of benzene rings is 1. The lowest BCUT2D eigenvalue weighted by molar-refractivity contribution is 0.103. The van der Waals surface area contributed by atoms with Crippen LogP contribution in [-0.2, 0) is 0 Å². The number of amides is 1. The molecular weight excluding hydrogens is 288 g/mol. The fourth-order valence-electron chi connectivity index (χ4n) is 1.35. The largest absolute Gasteiger partial charge is 0.320 e. The fourth-order valence-corrected chi connectivity index (χ4v) is 2.56. The average Bonchev–Trinajstić information content (AvgIpc) is 2.76. The molecule has 0 saturated carbocycles. The van der Waals surface area contributed by atoms with E-state index in [9.17, 15) is 4.79 Å². The van der Waals surface area contributed by atoms with Gasteiger partial charge in [0.2, 0.25) is 0 Å². The second kappa shape index (κ2) is 5.44. The zero-order valence-electron chi connectivity index (χ0n) is 8.98. The van der Waals surface area contributed by atoms with Crippen molar-refractivity contribution in [3.05, 3.63) is 45.1 Å². The van der Waals surface area contributed by atoms with Gasteiger partial charge < -0.3 is 5.32 Å². The summed E-state index contributed by atoms with van der Waals surface area (Å²) in [6.45, 7) is 0. The van der Waals surface area contributed by atoms with Gasteiger partial charge in [-0.15, -0.1) is 24.0 Å². The number of thiol groups is 1. The van der Waals surface area contributed by atoms with Gasteiger partial charge in [-0.1, -0.05) is 11.6 Å². The molecule has 0 spiro atoms. The quantitative estimate of drug-likeness (QED) is 0.828. The molecule has 1 amide bonds. The topological polar surface area (TPSA) is 52.9 Å². The van der Waals surface area contributed by atoms with E-state index < -0.39 is 0 Å². The summed E-state index contributed by atoms with van der Waals surface area (Å²) in [6.07, 6.45) is 0. The monoisotopic (exact) mass is 294 g/mol. The third-order valence-corrected chi connectivity index (χ3v) is 3.76. The van der Waals surface area contributed by atoms with Crippen LogP contribution in [0.5, 0.6) is 0 Å². The molecular formula is C12H7ClN2OS2. The van der Waals surface area contributed by atoms with Crippen LogP contribution >= 0.6 is 35.6 Å². The highest BCUT2D eigenvalue weighted by Gasteiger charge is 2.11. The zero-order chi connectivity index (χ0) is 13.1. The number of nitriles is 1. The number of nitrogens with one attached hydrogen (secondary N) is 1. The Hall–Kier alpha value is -1.48. The number of rotatable bonds is 2. The van der Waals surface area contributed by atoms with Gasteiger partial charge in [0.25, 0.3) is 5.91 Å². The zero-order valence-corrected chi connectivity index (χ0v) is 11.4. The van der Waals surface area contributed by atoms with Gasteiger partial charge in [-0.2, -0.15) is 5.26 Å². The number of nitrogens with zero attached hydrogens (tertiary/aromatic N) is 1. The van der Waals surface area contributed by atoms with E-state index >= 15 is 0 Å². The second-order valence-electron chi connectivity index (χ2n) is 3.42. The minimum atomic E-state index is -0.279. The molecule has 0 fully saturated rings. The standard InChI is InChI=1S/C12H7ClN2OS2/c13-8-2-1-7(5-14)10(3-8)15-12(16)11-4-9(17)6-18-11/h1-4,6,17H,(H,15,16). The first-order chi connectivity index (χ1) is 8.60. The summed E-state index contributed by atoms with van der Waals surface area (Å²) < 4.78 is 0. The van der Waals surface area contributed by atoms with Crippen LogP contribution in [0.4, 0.5) is 5.69 Å². The Morgan fingerprint density at radius 1 is 1.44 bits per heavy atom. The van der Waals surface area contributed by atoms with E-state index in [1.165, 1.54) is 11.3 Å². The van der Waals surface area contributed by atoms with Crippen LogP contribution in [0.3, 0.4) is 0 Å². The molecule has 18 heavy (non-hydrogen) atoms. The first kappa shape index (κ1) is 13.0. The van der Waals surface area contributed by atoms with E-state index in [-0.39, 0.29) is 5.91 Å². The summed E-state index contributed by atoms with van der Waals surface area (Å²) in [6, 6.07) is 8.38. The van der Waals surface area contributed by atoms with Gasteiger partial charge in [0.1, 0.15) is 6.07 Å². The summed E-state index contributed by atoms with van der Waals surface area (Å²) in [5.74, 6) is -0.279. The van der Waals surface area contributed by atoms with Crippen molar-refractivity contribution in [3.63, 3.8) is 0 Å². The molecule has 0 saturated heterocycles. The maximum atomic E-state index is 11.9. The fraction of sp³-hybridized carbons (Fsp3) is 0. The summed E-state index contributed by atoms with van der Waals surface area (Å²) >= 11 is 11.3. The van der Waals surface area contributed by atoms with E-state index in [0.717, 1.165) is 4.90 Å². The van der Waals surface area contributed by atoms with Gasteiger partial charge in [0.05, 0.1) is 16.1 Å². The normalized spacial score (nSPS) is 9.83. The molecule has 0 aliphatic rings. The maximum Gasteiger partial charge on any atom is 0.265 e. The van der Waals surface area contributed by atoms with Gasteiger partial charge in [0, 0.05) is 15.3 Å². The van der Waals surface area contributed by atoms with E-state index in [0.29, 0.717) is 21.2 Å². The average molecular weight is 295 g/mol. The maximum absolute atomic E-state index is 11.9. The number of anilines is 1. The summed E-state index contributed by atoms with van der Waals surface area (Å²) in [4.78, 5) is 13.2. The molecule has 0 aliphatic heterocycles. The Labute approximate surface area is 118 Å². The van der Waals surface area contributed by atoms with Crippen molar-refractivity contribution in [2.75, 3.05) is 5.32 Å². The van der Waals surface area contributed by atoms with Crippen molar-refractivity contribution >= 4 is 47.2 Å². The van der Waals surface area contributed by atoms with Gasteiger partial charge in [-0.25, -0.2) is 0 Å². The van der Waals surface area contributed by atoms with Gasteiger partial charge >= 0.3 is 0 Å². The Morgan fingerprint density at radius 2 is 2.22 bits per heavy atom. The lowest BCUT2D eigenvalue weighted by Crippen LogP contribution is -2.11. The highest BCUT2D eigenvalue weighted by Crippen LogP contribution is 2.23. The Bertz CT molecular complexity index is 646. The minimum Gasteiger partial charge on any atom is -0.320 e. The molecule has 3 nitrogen and oxygen atoms in total. The molecule has 0 unspecified atom stereocenters.